The molecule has 1 heterocycles. The third-order valence-electron chi connectivity index (χ3n) is 3.96. The second-order valence-corrected chi connectivity index (χ2v) is 8.20. The summed E-state index contributed by atoms with van der Waals surface area (Å²) >= 11 is 13.6. The molecular weight excluding hydrogens is 371 g/mol. The molecule has 5 nitrogen and oxygen atoms in total. The topological polar surface area (TPSA) is 61.2 Å². The molecule has 1 aliphatic rings. The predicted molar refractivity (Wildman–Crippen MR) is 95.9 cm³/mol. The number of rotatable bonds is 6. The summed E-state index contributed by atoms with van der Waals surface area (Å²) in [4.78, 5) is 28.8. The molecule has 1 aromatic heterocycles. The minimum atomic E-state index is -0.666. The maximum Gasteiger partial charge on any atom is 0.307 e. The van der Waals surface area contributed by atoms with E-state index in [2.05, 4.69) is 9.72 Å². The van der Waals surface area contributed by atoms with Crippen LogP contribution < -0.4 is 5.56 Å². The van der Waals surface area contributed by atoms with Gasteiger partial charge >= 0.3 is 5.97 Å². The van der Waals surface area contributed by atoms with Crippen LogP contribution in [0.3, 0.4) is 0 Å². The largest absolute Gasteiger partial charge is 0.469 e. The lowest BCUT2D eigenvalue weighted by atomic mass is 10.2. The number of halogens is 2. The van der Waals surface area contributed by atoms with Crippen LogP contribution in [0.4, 0.5) is 0 Å². The fraction of sp³-hybridized carbons (Fsp3) is 0.438. The van der Waals surface area contributed by atoms with E-state index >= 15 is 0 Å². The average Bonchev–Trinajstić information content (AvgIpc) is 3.19. The Kier molecular flexibility index (Phi) is 5.08. The van der Waals surface area contributed by atoms with Crippen molar-refractivity contribution in [2.75, 3.05) is 12.9 Å². The number of esters is 1. The first kappa shape index (κ1) is 17.6. The third kappa shape index (κ3) is 3.71. The summed E-state index contributed by atoms with van der Waals surface area (Å²) in [6.45, 7) is 0.225. The van der Waals surface area contributed by atoms with Crippen molar-refractivity contribution < 1.29 is 9.53 Å². The minimum absolute atomic E-state index is 0.113. The number of nitrogens with zero attached hydrogens (tertiary/aromatic N) is 2. The second-order valence-electron chi connectivity index (χ2n) is 5.67. The predicted octanol–water partition coefficient (Wildman–Crippen LogP) is 3.25. The Balaban J connectivity index is 1.91. The summed E-state index contributed by atoms with van der Waals surface area (Å²) < 4.78 is 5.52. The zero-order valence-corrected chi connectivity index (χ0v) is 15.3. The standard InChI is InChI=1S/C16H16Cl2N2O3S/c1-23-13(21)6-7-20-14(22)11-4-2-3-5-12(11)19-15(20)24-9-10-8-16(10,17)18/h2-5,10H,6-9H2,1H3/t10-/m1/s1. The fourth-order valence-electron chi connectivity index (χ4n) is 2.39. The highest BCUT2D eigenvalue weighted by Crippen LogP contribution is 2.54. The van der Waals surface area contributed by atoms with Crippen molar-refractivity contribution in [1.29, 1.82) is 0 Å². The molecule has 8 heteroatoms. The van der Waals surface area contributed by atoms with Gasteiger partial charge in [0.05, 0.1) is 24.4 Å². The molecule has 1 aromatic carbocycles. The van der Waals surface area contributed by atoms with Crippen molar-refractivity contribution >= 4 is 51.8 Å². The summed E-state index contributed by atoms with van der Waals surface area (Å²) in [6, 6.07) is 7.17. The van der Waals surface area contributed by atoms with E-state index in [0.717, 1.165) is 6.42 Å². The fourth-order valence-corrected chi connectivity index (χ4v) is 4.34. The van der Waals surface area contributed by atoms with Gasteiger partial charge in [0.15, 0.2) is 5.16 Å². The first-order chi connectivity index (χ1) is 11.4. The molecule has 0 amide bonds. The number of thioether (sulfide) groups is 1. The number of alkyl halides is 2. The molecule has 1 aliphatic carbocycles. The molecule has 0 aliphatic heterocycles. The van der Waals surface area contributed by atoms with Gasteiger partial charge in [0.2, 0.25) is 0 Å². The van der Waals surface area contributed by atoms with Crippen molar-refractivity contribution in [3.8, 4) is 0 Å². The molecule has 0 radical (unpaired) electrons. The lowest BCUT2D eigenvalue weighted by molar-refractivity contribution is -0.140. The third-order valence-corrected chi connectivity index (χ3v) is 6.03. The van der Waals surface area contributed by atoms with Crippen LogP contribution in [0.25, 0.3) is 10.9 Å². The van der Waals surface area contributed by atoms with Gasteiger partial charge in [-0.15, -0.1) is 23.2 Å². The molecule has 0 saturated heterocycles. The van der Waals surface area contributed by atoms with E-state index in [1.807, 2.05) is 6.07 Å². The highest BCUT2D eigenvalue weighted by molar-refractivity contribution is 7.99. The van der Waals surface area contributed by atoms with Crippen LogP contribution in [0, 0.1) is 5.92 Å². The van der Waals surface area contributed by atoms with Crippen LogP contribution in [0.2, 0.25) is 0 Å². The number of aromatic nitrogens is 2. The molecule has 0 unspecified atom stereocenters. The molecule has 128 valence electrons. The zero-order chi connectivity index (χ0) is 17.3. The van der Waals surface area contributed by atoms with Gasteiger partial charge in [-0.25, -0.2) is 4.98 Å². The number of carbonyl (C=O) groups is 1. The quantitative estimate of drug-likeness (QED) is 0.330. The van der Waals surface area contributed by atoms with Gasteiger partial charge in [0, 0.05) is 18.2 Å². The maximum absolute atomic E-state index is 12.7. The summed E-state index contributed by atoms with van der Waals surface area (Å²) in [5, 5.41) is 1.10. The summed E-state index contributed by atoms with van der Waals surface area (Å²) in [7, 11) is 1.33. The molecule has 2 aromatic rings. The van der Waals surface area contributed by atoms with E-state index in [4.69, 9.17) is 23.2 Å². The van der Waals surface area contributed by atoms with E-state index in [-0.39, 0.29) is 30.4 Å². The summed E-state index contributed by atoms with van der Waals surface area (Å²) in [5.41, 5.74) is 0.476. The second kappa shape index (κ2) is 6.94. The van der Waals surface area contributed by atoms with Crippen LogP contribution >= 0.6 is 35.0 Å². The number of para-hydroxylation sites is 1. The molecule has 0 bridgehead atoms. The Bertz CT molecular complexity index is 838. The van der Waals surface area contributed by atoms with Gasteiger partial charge in [0.1, 0.15) is 4.33 Å². The van der Waals surface area contributed by atoms with Gasteiger partial charge in [-0.2, -0.15) is 0 Å². The lowest BCUT2D eigenvalue weighted by Crippen LogP contribution is -2.25. The van der Waals surface area contributed by atoms with E-state index < -0.39 is 4.33 Å². The first-order valence-electron chi connectivity index (χ1n) is 7.49. The Morgan fingerprint density at radius 3 is 2.83 bits per heavy atom. The average molecular weight is 387 g/mol. The van der Waals surface area contributed by atoms with Crippen LogP contribution in [0.5, 0.6) is 0 Å². The van der Waals surface area contributed by atoms with Gasteiger partial charge < -0.3 is 4.74 Å². The van der Waals surface area contributed by atoms with E-state index in [1.54, 1.807) is 18.2 Å². The van der Waals surface area contributed by atoms with Gasteiger partial charge in [-0.1, -0.05) is 23.9 Å². The van der Waals surface area contributed by atoms with Crippen LogP contribution in [0.15, 0.2) is 34.2 Å². The smallest absolute Gasteiger partial charge is 0.307 e. The molecular formula is C16H16Cl2N2O3S. The summed E-state index contributed by atoms with van der Waals surface area (Å²) in [6.07, 6.45) is 0.853. The van der Waals surface area contributed by atoms with Crippen molar-refractivity contribution in [2.24, 2.45) is 5.92 Å². The van der Waals surface area contributed by atoms with Crippen LogP contribution in [-0.4, -0.2) is 32.7 Å². The first-order valence-corrected chi connectivity index (χ1v) is 9.23. The Morgan fingerprint density at radius 1 is 1.46 bits per heavy atom. The number of fused-ring (bicyclic) bond motifs is 1. The van der Waals surface area contributed by atoms with Crippen LogP contribution in [-0.2, 0) is 16.1 Å². The molecule has 1 fully saturated rings. The number of benzene rings is 1. The number of hydrogen-bond acceptors (Lipinski definition) is 5. The monoisotopic (exact) mass is 386 g/mol. The minimum Gasteiger partial charge on any atom is -0.469 e. The number of methoxy groups -OCH3 is 1. The molecule has 1 saturated carbocycles. The molecule has 0 spiro atoms. The number of ether oxygens (including phenoxy) is 1. The maximum atomic E-state index is 12.7. The Hall–Kier alpha value is -1.24. The van der Waals surface area contributed by atoms with Gasteiger partial charge in [-0.3, -0.25) is 14.2 Å². The molecule has 24 heavy (non-hydrogen) atoms. The highest BCUT2D eigenvalue weighted by Gasteiger charge is 2.51. The van der Waals surface area contributed by atoms with Gasteiger partial charge in [-0.05, 0) is 18.6 Å². The van der Waals surface area contributed by atoms with Crippen molar-refractivity contribution in [3.63, 3.8) is 0 Å². The highest BCUT2D eigenvalue weighted by atomic mass is 35.5. The summed E-state index contributed by atoms with van der Waals surface area (Å²) in [5.74, 6) is 0.493. The van der Waals surface area contributed by atoms with E-state index in [9.17, 15) is 9.59 Å². The number of hydrogen-bond donors (Lipinski definition) is 0. The molecule has 3 rings (SSSR count). The normalized spacial score (nSPS) is 18.5. The van der Waals surface area contributed by atoms with Crippen molar-refractivity contribution in [3.05, 3.63) is 34.6 Å². The lowest BCUT2D eigenvalue weighted by Gasteiger charge is -2.12. The molecule has 1 atom stereocenters. The SMILES string of the molecule is COC(=O)CCn1c(SC[C@H]2CC2(Cl)Cl)nc2ccccc2c1=O. The van der Waals surface area contributed by atoms with E-state index in [0.29, 0.717) is 21.8 Å². The Labute approximate surface area is 153 Å². The van der Waals surface area contributed by atoms with Gasteiger partial charge in [0.25, 0.3) is 5.56 Å². The van der Waals surface area contributed by atoms with Crippen molar-refractivity contribution in [1.82, 2.24) is 9.55 Å². The number of carbonyl (C=O) groups excluding carboxylic acids is 1. The zero-order valence-electron chi connectivity index (χ0n) is 13.0. The Morgan fingerprint density at radius 2 is 2.17 bits per heavy atom. The van der Waals surface area contributed by atoms with E-state index in [1.165, 1.54) is 23.4 Å². The van der Waals surface area contributed by atoms with Crippen LogP contribution in [0.1, 0.15) is 12.8 Å². The molecule has 0 N–H and O–H groups in total. The van der Waals surface area contributed by atoms with Crippen molar-refractivity contribution in [2.45, 2.75) is 28.9 Å².